The summed E-state index contributed by atoms with van der Waals surface area (Å²) in [7, 11) is 2.19. The van der Waals surface area contributed by atoms with E-state index in [0.29, 0.717) is 11.8 Å². The van der Waals surface area contributed by atoms with Gasteiger partial charge in [0.1, 0.15) is 5.75 Å². The molecule has 1 N–H and O–H groups in total. The number of benzene rings is 1. The summed E-state index contributed by atoms with van der Waals surface area (Å²) in [5, 5.41) is 8.80. The monoisotopic (exact) mass is 333 g/mol. The van der Waals surface area contributed by atoms with Gasteiger partial charge >= 0.3 is 5.97 Å². The van der Waals surface area contributed by atoms with E-state index in [0.717, 1.165) is 51.4 Å². The van der Waals surface area contributed by atoms with Crippen molar-refractivity contribution in [2.75, 3.05) is 52.9 Å². The van der Waals surface area contributed by atoms with E-state index in [1.807, 2.05) is 24.3 Å². The minimum Gasteiger partial charge on any atom is -0.482 e. The predicted molar refractivity (Wildman–Crippen MR) is 92.3 cm³/mol. The van der Waals surface area contributed by atoms with Gasteiger partial charge in [-0.2, -0.15) is 0 Å². The number of piperazine rings is 1. The molecular formula is C18H27N3O3. The molecule has 0 aliphatic carbocycles. The fourth-order valence-electron chi connectivity index (χ4n) is 3.60. The largest absolute Gasteiger partial charge is 0.482 e. The Morgan fingerprint density at radius 3 is 2.71 bits per heavy atom. The van der Waals surface area contributed by atoms with Gasteiger partial charge < -0.3 is 14.7 Å². The summed E-state index contributed by atoms with van der Waals surface area (Å²) in [6.45, 7) is 7.33. The maximum absolute atomic E-state index is 10.7. The van der Waals surface area contributed by atoms with Gasteiger partial charge in [0.05, 0.1) is 0 Å². The minimum absolute atomic E-state index is 0.291. The van der Waals surface area contributed by atoms with E-state index in [2.05, 4.69) is 21.7 Å². The van der Waals surface area contributed by atoms with Gasteiger partial charge in [-0.1, -0.05) is 18.2 Å². The Balaban J connectivity index is 1.55. The lowest BCUT2D eigenvalue weighted by atomic mass is 10.2. The summed E-state index contributed by atoms with van der Waals surface area (Å²) in [6.07, 6.45) is 1.21. The van der Waals surface area contributed by atoms with Crippen molar-refractivity contribution in [3.05, 3.63) is 29.8 Å². The standard InChI is InChI=1S/C18H27N3O3/c1-19-8-10-21(11-9-19)16-6-7-20(13-16)12-15-4-2-3-5-17(15)24-14-18(22)23/h2-5,16H,6-14H2,1H3,(H,22,23). The summed E-state index contributed by atoms with van der Waals surface area (Å²) >= 11 is 0. The smallest absolute Gasteiger partial charge is 0.341 e. The van der Waals surface area contributed by atoms with Crippen LogP contribution in [0.2, 0.25) is 0 Å². The summed E-state index contributed by atoms with van der Waals surface area (Å²) < 4.78 is 5.42. The van der Waals surface area contributed by atoms with Crippen LogP contribution in [0, 0.1) is 0 Å². The van der Waals surface area contributed by atoms with Crippen LogP contribution >= 0.6 is 0 Å². The maximum Gasteiger partial charge on any atom is 0.341 e. The first kappa shape index (κ1) is 17.2. The maximum atomic E-state index is 10.7. The van der Waals surface area contributed by atoms with Crippen molar-refractivity contribution in [1.29, 1.82) is 0 Å². The fraction of sp³-hybridized carbons (Fsp3) is 0.611. The average Bonchev–Trinajstić information content (AvgIpc) is 3.03. The molecular weight excluding hydrogens is 306 g/mol. The van der Waals surface area contributed by atoms with Crippen LogP contribution < -0.4 is 4.74 Å². The number of hydrogen-bond acceptors (Lipinski definition) is 5. The lowest BCUT2D eigenvalue weighted by Crippen LogP contribution is -2.49. The summed E-state index contributed by atoms with van der Waals surface area (Å²) in [4.78, 5) is 18.2. The van der Waals surface area contributed by atoms with E-state index >= 15 is 0 Å². The van der Waals surface area contributed by atoms with Crippen LogP contribution in [0.3, 0.4) is 0 Å². The molecule has 3 rings (SSSR count). The Morgan fingerprint density at radius 1 is 1.21 bits per heavy atom. The van der Waals surface area contributed by atoms with E-state index in [1.54, 1.807) is 0 Å². The number of ether oxygens (including phenoxy) is 1. The van der Waals surface area contributed by atoms with Gasteiger partial charge in [0.2, 0.25) is 0 Å². The Hall–Kier alpha value is -1.63. The fourth-order valence-corrected chi connectivity index (χ4v) is 3.60. The number of carbonyl (C=O) groups is 1. The lowest BCUT2D eigenvalue weighted by Gasteiger charge is -2.36. The molecule has 1 aromatic carbocycles. The lowest BCUT2D eigenvalue weighted by molar-refractivity contribution is -0.139. The highest BCUT2D eigenvalue weighted by molar-refractivity contribution is 5.68. The predicted octanol–water partition coefficient (Wildman–Crippen LogP) is 0.972. The van der Waals surface area contributed by atoms with Gasteiger partial charge in [-0.05, 0) is 19.5 Å². The van der Waals surface area contributed by atoms with Crippen molar-refractivity contribution in [1.82, 2.24) is 14.7 Å². The second kappa shape index (κ2) is 7.96. The van der Waals surface area contributed by atoms with E-state index in [-0.39, 0.29) is 6.61 Å². The molecule has 0 bridgehead atoms. The van der Waals surface area contributed by atoms with Crippen molar-refractivity contribution < 1.29 is 14.6 Å². The normalized spacial score (nSPS) is 23.5. The van der Waals surface area contributed by atoms with Crippen LogP contribution in [0.5, 0.6) is 5.75 Å². The molecule has 6 nitrogen and oxygen atoms in total. The van der Waals surface area contributed by atoms with Crippen molar-refractivity contribution in [2.24, 2.45) is 0 Å². The Morgan fingerprint density at radius 2 is 1.96 bits per heavy atom. The van der Waals surface area contributed by atoms with Gasteiger partial charge in [0.25, 0.3) is 0 Å². The zero-order valence-corrected chi connectivity index (χ0v) is 14.4. The third-order valence-electron chi connectivity index (χ3n) is 5.02. The molecule has 2 aliphatic heterocycles. The summed E-state index contributed by atoms with van der Waals surface area (Å²) in [5.41, 5.74) is 1.07. The van der Waals surface area contributed by atoms with Crippen LogP contribution in [0.4, 0.5) is 0 Å². The average molecular weight is 333 g/mol. The number of carboxylic acids is 1. The molecule has 0 spiro atoms. The number of hydrogen-bond donors (Lipinski definition) is 1. The number of aliphatic carboxylic acids is 1. The number of likely N-dealkylation sites (tertiary alicyclic amines) is 1. The summed E-state index contributed by atoms with van der Waals surface area (Å²) in [6, 6.07) is 8.40. The third kappa shape index (κ3) is 4.47. The van der Waals surface area contributed by atoms with E-state index < -0.39 is 5.97 Å². The molecule has 2 heterocycles. The van der Waals surface area contributed by atoms with Crippen LogP contribution in [-0.4, -0.2) is 84.7 Å². The molecule has 1 atom stereocenters. The minimum atomic E-state index is -0.943. The second-order valence-electron chi connectivity index (χ2n) is 6.81. The molecule has 0 amide bonds. The molecule has 2 saturated heterocycles. The number of rotatable bonds is 6. The molecule has 1 unspecified atom stereocenters. The third-order valence-corrected chi connectivity index (χ3v) is 5.02. The molecule has 132 valence electrons. The molecule has 0 aromatic heterocycles. The SMILES string of the molecule is CN1CCN(C2CCN(Cc3ccccc3OCC(=O)O)C2)CC1. The van der Waals surface area contributed by atoms with Crippen molar-refractivity contribution in [2.45, 2.75) is 19.0 Å². The highest BCUT2D eigenvalue weighted by Crippen LogP contribution is 2.24. The van der Waals surface area contributed by atoms with Gasteiger partial charge in [-0.3, -0.25) is 9.80 Å². The first-order valence-electron chi connectivity index (χ1n) is 8.69. The van der Waals surface area contributed by atoms with Crippen LogP contribution in [0.25, 0.3) is 0 Å². The zero-order chi connectivity index (χ0) is 16.9. The summed E-state index contributed by atoms with van der Waals surface area (Å²) in [5.74, 6) is -0.260. The Kier molecular flexibility index (Phi) is 5.71. The van der Waals surface area contributed by atoms with Gasteiger partial charge in [-0.15, -0.1) is 0 Å². The molecule has 2 fully saturated rings. The quantitative estimate of drug-likeness (QED) is 0.837. The van der Waals surface area contributed by atoms with Gasteiger partial charge in [-0.25, -0.2) is 4.79 Å². The van der Waals surface area contributed by atoms with Gasteiger partial charge in [0.15, 0.2) is 6.61 Å². The molecule has 0 radical (unpaired) electrons. The first-order chi connectivity index (χ1) is 11.6. The Labute approximate surface area is 143 Å². The zero-order valence-electron chi connectivity index (χ0n) is 14.4. The highest BCUT2D eigenvalue weighted by atomic mass is 16.5. The highest BCUT2D eigenvalue weighted by Gasteiger charge is 2.29. The number of carboxylic acid groups (broad SMARTS) is 1. The number of likely N-dealkylation sites (N-methyl/N-ethyl adjacent to an activating group) is 1. The molecule has 0 saturated carbocycles. The van der Waals surface area contributed by atoms with Crippen LogP contribution in [0.1, 0.15) is 12.0 Å². The van der Waals surface area contributed by atoms with Crippen LogP contribution in [-0.2, 0) is 11.3 Å². The van der Waals surface area contributed by atoms with Crippen LogP contribution in [0.15, 0.2) is 24.3 Å². The number of para-hydroxylation sites is 1. The Bertz CT molecular complexity index is 558. The molecule has 2 aliphatic rings. The second-order valence-corrected chi connectivity index (χ2v) is 6.81. The van der Waals surface area contributed by atoms with E-state index in [1.165, 1.54) is 6.42 Å². The topological polar surface area (TPSA) is 56.2 Å². The van der Waals surface area contributed by atoms with Crippen molar-refractivity contribution in [3.63, 3.8) is 0 Å². The first-order valence-corrected chi connectivity index (χ1v) is 8.69. The van der Waals surface area contributed by atoms with Gasteiger partial charge in [0, 0.05) is 57.4 Å². The van der Waals surface area contributed by atoms with Crippen molar-refractivity contribution in [3.8, 4) is 5.75 Å². The van der Waals surface area contributed by atoms with E-state index in [9.17, 15) is 4.79 Å². The number of nitrogens with zero attached hydrogens (tertiary/aromatic N) is 3. The van der Waals surface area contributed by atoms with Crippen molar-refractivity contribution >= 4 is 5.97 Å². The molecule has 24 heavy (non-hydrogen) atoms. The molecule has 1 aromatic rings. The van der Waals surface area contributed by atoms with E-state index in [4.69, 9.17) is 9.84 Å². The molecule has 6 heteroatoms.